The van der Waals surface area contributed by atoms with Crippen molar-refractivity contribution in [3.8, 4) is 17.2 Å². The smallest absolute Gasteiger partial charge is 0.307 e. The van der Waals surface area contributed by atoms with Gasteiger partial charge in [0.05, 0.1) is 33.4 Å². The molecule has 0 atom stereocenters. The number of hydrogen-bond donors (Lipinski definition) is 0. The van der Waals surface area contributed by atoms with Gasteiger partial charge in [-0.2, -0.15) is 0 Å². The maximum atomic E-state index is 13.1. The molecule has 1 aromatic rings. The molecular weight excluding hydrogens is 350 g/mol. The lowest BCUT2D eigenvalue weighted by molar-refractivity contribution is -0.140. The lowest BCUT2D eigenvalue weighted by Gasteiger charge is -2.27. The predicted molar refractivity (Wildman–Crippen MR) is 103 cm³/mol. The van der Waals surface area contributed by atoms with E-state index in [1.165, 1.54) is 7.11 Å². The van der Waals surface area contributed by atoms with E-state index in [1.54, 1.807) is 17.0 Å². The number of nitrogens with zero attached hydrogens (tertiary/aromatic N) is 1. The third-order valence-electron chi connectivity index (χ3n) is 3.82. The molecule has 0 unspecified atom stereocenters. The Morgan fingerprint density at radius 1 is 0.963 bits per heavy atom. The SMILES string of the molecule is CCOc1cc(C(=O)N(CCC(=O)OC)C(C)C)cc(OCC)c1OCC. The highest BCUT2D eigenvalue weighted by atomic mass is 16.5. The Hall–Kier alpha value is -2.44. The van der Waals surface area contributed by atoms with Crippen molar-refractivity contribution in [2.24, 2.45) is 0 Å². The maximum Gasteiger partial charge on any atom is 0.307 e. The van der Waals surface area contributed by atoms with Crippen molar-refractivity contribution in [1.29, 1.82) is 0 Å². The van der Waals surface area contributed by atoms with Crippen molar-refractivity contribution < 1.29 is 28.5 Å². The summed E-state index contributed by atoms with van der Waals surface area (Å²) in [5, 5.41) is 0. The molecule has 0 aliphatic carbocycles. The summed E-state index contributed by atoms with van der Waals surface area (Å²) in [7, 11) is 1.33. The zero-order valence-corrected chi connectivity index (χ0v) is 17.2. The summed E-state index contributed by atoms with van der Waals surface area (Å²) in [4.78, 5) is 26.2. The average Bonchev–Trinajstić information content (AvgIpc) is 2.63. The third kappa shape index (κ3) is 6.34. The molecule has 1 amide bonds. The van der Waals surface area contributed by atoms with Crippen molar-refractivity contribution in [3.05, 3.63) is 17.7 Å². The molecule has 27 heavy (non-hydrogen) atoms. The second-order valence-electron chi connectivity index (χ2n) is 6.02. The molecule has 1 rings (SSSR count). The molecule has 0 saturated carbocycles. The predicted octanol–water partition coefficient (Wildman–Crippen LogP) is 3.30. The minimum Gasteiger partial charge on any atom is -0.490 e. The molecule has 0 fully saturated rings. The van der Waals surface area contributed by atoms with Gasteiger partial charge in [0, 0.05) is 18.2 Å². The first-order valence-corrected chi connectivity index (χ1v) is 9.33. The molecule has 0 saturated heterocycles. The second kappa shape index (κ2) is 11.3. The van der Waals surface area contributed by atoms with Gasteiger partial charge in [0.2, 0.25) is 5.75 Å². The summed E-state index contributed by atoms with van der Waals surface area (Å²) in [6.07, 6.45) is 0.133. The standard InChI is InChI=1S/C20H31NO6/c1-7-25-16-12-15(13-17(26-8-2)19(16)27-9-3)20(23)21(14(4)5)11-10-18(22)24-6/h12-14H,7-11H2,1-6H3. The lowest BCUT2D eigenvalue weighted by Crippen LogP contribution is -2.38. The fraction of sp³-hybridized carbons (Fsp3) is 0.600. The molecule has 7 nitrogen and oxygen atoms in total. The van der Waals surface area contributed by atoms with Crippen LogP contribution in [0.3, 0.4) is 0 Å². The summed E-state index contributed by atoms with van der Waals surface area (Å²) in [6, 6.07) is 3.24. The first-order valence-electron chi connectivity index (χ1n) is 9.33. The van der Waals surface area contributed by atoms with E-state index in [1.807, 2.05) is 34.6 Å². The van der Waals surface area contributed by atoms with Crippen LogP contribution in [0.15, 0.2) is 12.1 Å². The average molecular weight is 381 g/mol. The van der Waals surface area contributed by atoms with E-state index in [0.717, 1.165) is 0 Å². The Labute approximate surface area is 161 Å². The Balaban J connectivity index is 3.27. The van der Waals surface area contributed by atoms with Gasteiger partial charge >= 0.3 is 5.97 Å². The molecule has 0 N–H and O–H groups in total. The van der Waals surface area contributed by atoms with E-state index in [9.17, 15) is 9.59 Å². The summed E-state index contributed by atoms with van der Waals surface area (Å²) in [5.74, 6) is 0.850. The number of esters is 1. The number of rotatable bonds is 11. The van der Waals surface area contributed by atoms with Crippen LogP contribution in [0.25, 0.3) is 0 Å². The molecule has 1 aromatic carbocycles. The molecule has 152 valence electrons. The molecule has 7 heteroatoms. The van der Waals surface area contributed by atoms with Crippen LogP contribution < -0.4 is 14.2 Å². The maximum absolute atomic E-state index is 13.1. The molecule has 0 aliphatic heterocycles. The Morgan fingerprint density at radius 3 is 1.89 bits per heavy atom. The summed E-state index contributed by atoms with van der Waals surface area (Å²) >= 11 is 0. The highest BCUT2D eigenvalue weighted by Gasteiger charge is 2.24. The topological polar surface area (TPSA) is 74.3 Å². The third-order valence-corrected chi connectivity index (χ3v) is 3.82. The van der Waals surface area contributed by atoms with Crippen LogP contribution in [0, 0.1) is 0 Å². The second-order valence-corrected chi connectivity index (χ2v) is 6.02. The van der Waals surface area contributed by atoms with Crippen LogP contribution in [-0.2, 0) is 9.53 Å². The van der Waals surface area contributed by atoms with Gasteiger partial charge in [-0.15, -0.1) is 0 Å². The van der Waals surface area contributed by atoms with Crippen LogP contribution >= 0.6 is 0 Å². The molecule has 0 heterocycles. The summed E-state index contributed by atoms with van der Waals surface area (Å²) in [6.45, 7) is 11.0. The van der Waals surface area contributed by atoms with Crippen LogP contribution in [0.2, 0.25) is 0 Å². The van der Waals surface area contributed by atoms with Crippen molar-refractivity contribution >= 4 is 11.9 Å². The van der Waals surface area contributed by atoms with Crippen molar-refractivity contribution in [2.45, 2.75) is 47.1 Å². The van der Waals surface area contributed by atoms with E-state index < -0.39 is 0 Å². The first-order chi connectivity index (χ1) is 12.9. The van der Waals surface area contributed by atoms with Gasteiger partial charge in [0.1, 0.15) is 0 Å². The molecular formula is C20H31NO6. The number of benzene rings is 1. The van der Waals surface area contributed by atoms with Crippen LogP contribution in [0.1, 0.15) is 51.4 Å². The van der Waals surface area contributed by atoms with Gasteiger partial charge in [0.25, 0.3) is 5.91 Å². The van der Waals surface area contributed by atoms with Crippen LogP contribution in [0.5, 0.6) is 17.2 Å². The Morgan fingerprint density at radius 2 is 1.48 bits per heavy atom. The zero-order valence-electron chi connectivity index (χ0n) is 17.2. The fourth-order valence-electron chi connectivity index (χ4n) is 2.59. The number of carbonyl (C=O) groups excluding carboxylic acids is 2. The van der Waals surface area contributed by atoms with E-state index in [0.29, 0.717) is 42.6 Å². The van der Waals surface area contributed by atoms with Gasteiger partial charge in [-0.25, -0.2) is 0 Å². The fourth-order valence-corrected chi connectivity index (χ4v) is 2.59. The monoisotopic (exact) mass is 381 g/mol. The summed E-state index contributed by atoms with van der Waals surface area (Å²) in [5.41, 5.74) is 0.420. The normalized spacial score (nSPS) is 10.5. The van der Waals surface area contributed by atoms with Gasteiger partial charge in [-0.05, 0) is 46.8 Å². The largest absolute Gasteiger partial charge is 0.490 e. The highest BCUT2D eigenvalue weighted by Crippen LogP contribution is 2.39. The van der Waals surface area contributed by atoms with Crippen molar-refractivity contribution in [1.82, 2.24) is 4.90 Å². The number of carbonyl (C=O) groups is 2. The van der Waals surface area contributed by atoms with Crippen LogP contribution in [-0.4, -0.2) is 56.3 Å². The zero-order chi connectivity index (χ0) is 20.4. The minimum absolute atomic E-state index is 0.0835. The Bertz CT molecular complexity index is 602. The molecule has 0 radical (unpaired) electrons. The number of hydrogen-bond acceptors (Lipinski definition) is 6. The molecule has 0 aliphatic rings. The quantitative estimate of drug-likeness (QED) is 0.548. The highest BCUT2D eigenvalue weighted by molar-refractivity contribution is 5.96. The number of methoxy groups -OCH3 is 1. The summed E-state index contributed by atoms with van der Waals surface area (Å²) < 4.78 is 21.7. The minimum atomic E-state index is -0.356. The number of ether oxygens (including phenoxy) is 4. The van der Waals surface area contributed by atoms with Gasteiger partial charge in [0.15, 0.2) is 11.5 Å². The van der Waals surface area contributed by atoms with Gasteiger partial charge in [-0.1, -0.05) is 0 Å². The molecule has 0 spiro atoms. The molecule has 0 bridgehead atoms. The van der Waals surface area contributed by atoms with E-state index >= 15 is 0 Å². The van der Waals surface area contributed by atoms with Crippen molar-refractivity contribution in [2.75, 3.05) is 33.5 Å². The van der Waals surface area contributed by atoms with Gasteiger partial charge in [-0.3, -0.25) is 9.59 Å². The van der Waals surface area contributed by atoms with Crippen LogP contribution in [0.4, 0.5) is 0 Å². The van der Waals surface area contributed by atoms with Gasteiger partial charge < -0.3 is 23.8 Å². The van der Waals surface area contributed by atoms with Crippen molar-refractivity contribution in [3.63, 3.8) is 0 Å². The molecule has 0 aromatic heterocycles. The Kier molecular flexibility index (Phi) is 9.47. The first kappa shape index (κ1) is 22.6. The van der Waals surface area contributed by atoms with E-state index in [2.05, 4.69) is 4.74 Å². The van der Waals surface area contributed by atoms with E-state index in [4.69, 9.17) is 14.2 Å². The number of amides is 1. The lowest BCUT2D eigenvalue weighted by atomic mass is 10.1. The van der Waals surface area contributed by atoms with E-state index in [-0.39, 0.29) is 30.9 Å².